The van der Waals surface area contributed by atoms with E-state index in [-0.39, 0.29) is 35.0 Å². The van der Waals surface area contributed by atoms with E-state index in [1.165, 1.54) is 0 Å². The Labute approximate surface area is 201 Å². The summed E-state index contributed by atoms with van der Waals surface area (Å²) in [6, 6.07) is 8.74. The van der Waals surface area contributed by atoms with Crippen LogP contribution in [0.5, 0.6) is 0 Å². The van der Waals surface area contributed by atoms with Gasteiger partial charge in [0, 0.05) is 32.9 Å². The van der Waals surface area contributed by atoms with Crippen molar-refractivity contribution in [1.82, 2.24) is 25.1 Å². The molecule has 9 nitrogen and oxygen atoms in total. The number of nitrogens with one attached hydrogen (secondary N) is 3. The maximum absolute atomic E-state index is 12.5. The average Bonchev–Trinajstić information content (AvgIpc) is 3.41. The normalized spacial score (nSPS) is 16.7. The second-order valence-electron chi connectivity index (χ2n) is 7.13. The van der Waals surface area contributed by atoms with Crippen LogP contribution in [-0.4, -0.2) is 50.0 Å². The number of guanidine groups is 1. The third kappa shape index (κ3) is 7.74. The first kappa shape index (κ1) is 25.6. The molecule has 0 spiro atoms. The number of sulfonamides is 1. The monoisotopic (exact) mass is 562 g/mol. The molecule has 1 aliphatic rings. The molecule has 0 saturated carbocycles. The number of aromatic nitrogens is 2. The van der Waals surface area contributed by atoms with Crippen molar-refractivity contribution >= 4 is 40.0 Å². The van der Waals surface area contributed by atoms with Gasteiger partial charge in [0.15, 0.2) is 5.96 Å². The number of aryl methyl sites for hydroxylation is 1. The predicted octanol–water partition coefficient (Wildman–Crippen LogP) is 1.75. The lowest BCUT2D eigenvalue weighted by atomic mass is 10.2. The summed E-state index contributed by atoms with van der Waals surface area (Å²) in [4.78, 5) is 4.82. The highest BCUT2D eigenvalue weighted by molar-refractivity contribution is 14.0. The van der Waals surface area contributed by atoms with Gasteiger partial charge in [0.05, 0.1) is 29.8 Å². The predicted molar refractivity (Wildman–Crippen MR) is 131 cm³/mol. The third-order valence-corrected chi connectivity index (χ3v) is 6.32. The molecular formula is C20H31IN6O3S. The fourth-order valence-corrected chi connectivity index (χ4v) is 4.19. The summed E-state index contributed by atoms with van der Waals surface area (Å²) in [6.45, 7) is 4.80. The molecule has 1 aromatic carbocycles. The summed E-state index contributed by atoms with van der Waals surface area (Å²) < 4.78 is 34.8. The summed E-state index contributed by atoms with van der Waals surface area (Å²) in [6.07, 6.45) is 3.60. The van der Waals surface area contributed by atoms with Crippen molar-refractivity contribution in [3.8, 4) is 0 Å². The van der Waals surface area contributed by atoms with Gasteiger partial charge in [-0.2, -0.15) is 5.10 Å². The van der Waals surface area contributed by atoms with Crippen molar-refractivity contribution in [3.05, 3.63) is 47.8 Å². The largest absolute Gasteiger partial charge is 0.377 e. The van der Waals surface area contributed by atoms with Gasteiger partial charge in [0.25, 0.3) is 0 Å². The second kappa shape index (κ2) is 12.4. The molecule has 11 heteroatoms. The fraction of sp³-hybridized carbons (Fsp3) is 0.500. The number of aliphatic imine (C=N–C) groups is 1. The number of rotatable bonds is 9. The molecule has 172 valence electrons. The summed E-state index contributed by atoms with van der Waals surface area (Å²) in [5.41, 5.74) is 1.97. The van der Waals surface area contributed by atoms with Crippen LogP contribution in [0.3, 0.4) is 0 Å². The van der Waals surface area contributed by atoms with Gasteiger partial charge >= 0.3 is 0 Å². The van der Waals surface area contributed by atoms with Crippen LogP contribution in [0.25, 0.3) is 0 Å². The van der Waals surface area contributed by atoms with E-state index >= 15 is 0 Å². The van der Waals surface area contributed by atoms with E-state index in [0.717, 1.165) is 30.6 Å². The molecule has 31 heavy (non-hydrogen) atoms. The van der Waals surface area contributed by atoms with Crippen molar-refractivity contribution in [3.63, 3.8) is 0 Å². The molecule has 1 saturated heterocycles. The van der Waals surface area contributed by atoms with Crippen molar-refractivity contribution in [1.29, 1.82) is 0 Å². The Morgan fingerprint density at radius 1 is 1.26 bits per heavy atom. The van der Waals surface area contributed by atoms with Gasteiger partial charge in [-0.3, -0.25) is 4.68 Å². The molecule has 3 N–H and O–H groups in total. The molecule has 0 bridgehead atoms. The molecular weight excluding hydrogens is 531 g/mol. The molecule has 1 fully saturated rings. The summed E-state index contributed by atoms with van der Waals surface area (Å²) >= 11 is 0. The molecule has 1 aromatic heterocycles. The van der Waals surface area contributed by atoms with Gasteiger partial charge in [-0.05, 0) is 43.5 Å². The molecule has 1 aliphatic heterocycles. The zero-order valence-corrected chi connectivity index (χ0v) is 21.0. The van der Waals surface area contributed by atoms with Gasteiger partial charge in [0.1, 0.15) is 0 Å². The molecule has 1 atom stereocenters. The van der Waals surface area contributed by atoms with E-state index in [4.69, 9.17) is 4.74 Å². The topological polar surface area (TPSA) is 110 Å². The molecule has 0 amide bonds. The lowest BCUT2D eigenvalue weighted by Gasteiger charge is -2.12. The van der Waals surface area contributed by atoms with Crippen LogP contribution in [0.15, 0.2) is 46.4 Å². The number of hydrogen-bond acceptors (Lipinski definition) is 5. The van der Waals surface area contributed by atoms with Crippen LogP contribution in [0.1, 0.15) is 31.0 Å². The van der Waals surface area contributed by atoms with Crippen LogP contribution < -0.4 is 15.4 Å². The first-order chi connectivity index (χ1) is 14.5. The van der Waals surface area contributed by atoms with E-state index in [1.807, 2.05) is 24.7 Å². The summed E-state index contributed by atoms with van der Waals surface area (Å²) in [5.74, 6) is 0.689. The average molecular weight is 562 g/mol. The highest BCUT2D eigenvalue weighted by Gasteiger charge is 2.20. The SMILES string of the molecule is CCNC(=NCc1ccc(S(=O)(=O)NCC2CCCO2)cc1)NCc1ccnn1C.I. The van der Waals surface area contributed by atoms with Gasteiger partial charge < -0.3 is 15.4 Å². The third-order valence-electron chi connectivity index (χ3n) is 4.88. The zero-order valence-electron chi connectivity index (χ0n) is 17.9. The smallest absolute Gasteiger partial charge is 0.240 e. The quantitative estimate of drug-likeness (QED) is 0.244. The maximum Gasteiger partial charge on any atom is 0.240 e. The fourth-order valence-electron chi connectivity index (χ4n) is 3.13. The van der Waals surface area contributed by atoms with E-state index in [1.54, 1.807) is 30.5 Å². The van der Waals surface area contributed by atoms with Gasteiger partial charge in [-0.1, -0.05) is 12.1 Å². The highest BCUT2D eigenvalue weighted by Crippen LogP contribution is 2.14. The van der Waals surface area contributed by atoms with E-state index in [2.05, 4.69) is 25.4 Å². The number of halogens is 1. The minimum atomic E-state index is -3.54. The molecule has 1 unspecified atom stereocenters. The first-order valence-electron chi connectivity index (χ1n) is 10.2. The Kier molecular flexibility index (Phi) is 10.2. The van der Waals surface area contributed by atoms with Crippen molar-refractivity contribution in [2.75, 3.05) is 19.7 Å². The minimum Gasteiger partial charge on any atom is -0.377 e. The summed E-state index contributed by atoms with van der Waals surface area (Å²) in [5, 5.41) is 10.6. The van der Waals surface area contributed by atoms with Gasteiger partial charge in [0.2, 0.25) is 10.0 Å². The van der Waals surface area contributed by atoms with Gasteiger partial charge in [-0.15, -0.1) is 24.0 Å². The zero-order chi connectivity index (χ0) is 21.4. The highest BCUT2D eigenvalue weighted by atomic mass is 127. The van der Waals surface area contributed by atoms with Crippen LogP contribution in [0.4, 0.5) is 0 Å². The van der Waals surface area contributed by atoms with Gasteiger partial charge in [-0.25, -0.2) is 18.1 Å². The van der Waals surface area contributed by atoms with E-state index < -0.39 is 10.0 Å². The molecule has 0 radical (unpaired) electrons. The number of benzene rings is 1. The minimum absolute atomic E-state index is 0. The summed E-state index contributed by atoms with van der Waals surface area (Å²) in [7, 11) is -1.65. The Morgan fingerprint density at radius 2 is 2.03 bits per heavy atom. The number of nitrogens with zero attached hydrogens (tertiary/aromatic N) is 3. The molecule has 0 aliphatic carbocycles. The molecule has 2 aromatic rings. The first-order valence-corrected chi connectivity index (χ1v) is 11.7. The van der Waals surface area contributed by atoms with Crippen LogP contribution in [0.2, 0.25) is 0 Å². The van der Waals surface area contributed by atoms with Crippen molar-refractivity contribution < 1.29 is 13.2 Å². The molecule has 3 rings (SSSR count). The Bertz CT molecular complexity index is 940. The van der Waals surface area contributed by atoms with Crippen LogP contribution >= 0.6 is 24.0 Å². The molecule has 2 heterocycles. The maximum atomic E-state index is 12.5. The lowest BCUT2D eigenvalue weighted by Crippen LogP contribution is -2.37. The van der Waals surface area contributed by atoms with E-state index in [9.17, 15) is 8.42 Å². The van der Waals surface area contributed by atoms with Crippen molar-refractivity contribution in [2.45, 2.75) is 43.9 Å². The van der Waals surface area contributed by atoms with E-state index in [0.29, 0.717) is 32.2 Å². The Balaban J connectivity index is 0.00000341. The Morgan fingerprint density at radius 3 is 2.65 bits per heavy atom. The number of hydrogen-bond donors (Lipinski definition) is 3. The Hall–Kier alpha value is -1.70. The van der Waals surface area contributed by atoms with Crippen LogP contribution in [0, 0.1) is 0 Å². The number of ether oxygens (including phenoxy) is 1. The van der Waals surface area contributed by atoms with Crippen LogP contribution in [-0.2, 0) is 34.9 Å². The lowest BCUT2D eigenvalue weighted by molar-refractivity contribution is 0.114. The van der Waals surface area contributed by atoms with Crippen molar-refractivity contribution in [2.24, 2.45) is 12.0 Å². The standard InChI is InChI=1S/C20H30N6O3S.HI/c1-3-21-20(23-14-17-10-11-24-26(17)2)22-13-16-6-8-19(9-7-16)30(27,28)25-15-18-5-4-12-29-18;/h6-11,18,25H,3-5,12-15H2,1-2H3,(H2,21,22,23);1H. The second-order valence-corrected chi connectivity index (χ2v) is 8.89.